The van der Waals surface area contributed by atoms with E-state index in [1.165, 1.54) is 12.8 Å². The van der Waals surface area contributed by atoms with E-state index in [2.05, 4.69) is 37.3 Å². The maximum absolute atomic E-state index is 6.30. The molecule has 1 aromatic heterocycles. The number of nitrogens with zero attached hydrogens (tertiary/aromatic N) is 2. The third kappa shape index (κ3) is 3.86. The molecule has 1 fully saturated rings. The molecule has 0 aliphatic heterocycles. The summed E-state index contributed by atoms with van der Waals surface area (Å²) in [5.41, 5.74) is 1.54. The van der Waals surface area contributed by atoms with E-state index < -0.39 is 0 Å². The number of ether oxygens (including phenoxy) is 1. The highest BCUT2D eigenvalue weighted by molar-refractivity contribution is 5.07. The Hall–Kier alpha value is -0.870. The summed E-state index contributed by atoms with van der Waals surface area (Å²) in [6, 6.07) is 2.43. The Kier molecular flexibility index (Phi) is 5.10. The van der Waals surface area contributed by atoms with Gasteiger partial charge < -0.3 is 10.1 Å². The first-order chi connectivity index (χ1) is 9.91. The lowest BCUT2D eigenvalue weighted by Crippen LogP contribution is -2.55. The molecule has 0 radical (unpaired) electrons. The molecule has 1 aromatic rings. The Morgan fingerprint density at radius 3 is 2.48 bits per heavy atom. The first kappa shape index (κ1) is 16.5. The molecular formula is C17H31N3O. The molecule has 1 aliphatic rings. The van der Waals surface area contributed by atoms with Crippen LogP contribution in [0.4, 0.5) is 0 Å². The van der Waals surface area contributed by atoms with Crippen LogP contribution in [-0.4, -0.2) is 35.1 Å². The maximum atomic E-state index is 6.30. The standard InChI is InChI=1S/C17H31N3O/c1-6-21-17(10-8-16(2,3)9-11-17)15(18-4)13-14-7-12-20(5)19-14/h7,12,15,18H,6,8-11,13H2,1-5H3. The molecule has 0 bridgehead atoms. The lowest BCUT2D eigenvalue weighted by Gasteiger charge is -2.47. The van der Waals surface area contributed by atoms with Gasteiger partial charge in [0.15, 0.2) is 0 Å². The summed E-state index contributed by atoms with van der Waals surface area (Å²) in [6.45, 7) is 7.63. The number of aromatic nitrogens is 2. The molecule has 21 heavy (non-hydrogen) atoms. The van der Waals surface area contributed by atoms with E-state index in [0.29, 0.717) is 11.5 Å². The van der Waals surface area contributed by atoms with E-state index in [1.54, 1.807) is 0 Å². The molecule has 120 valence electrons. The molecule has 0 spiro atoms. The number of aryl methyl sites for hydroxylation is 1. The molecule has 1 saturated carbocycles. The average Bonchev–Trinajstić information content (AvgIpc) is 2.85. The molecule has 1 heterocycles. The fourth-order valence-corrected chi connectivity index (χ4v) is 3.56. The van der Waals surface area contributed by atoms with Crippen LogP contribution in [0.3, 0.4) is 0 Å². The zero-order valence-corrected chi connectivity index (χ0v) is 14.3. The van der Waals surface area contributed by atoms with Gasteiger partial charge in [0.1, 0.15) is 0 Å². The maximum Gasteiger partial charge on any atom is 0.0838 e. The summed E-state index contributed by atoms with van der Waals surface area (Å²) in [7, 11) is 4.02. The Balaban J connectivity index is 2.14. The van der Waals surface area contributed by atoms with Gasteiger partial charge in [-0.05, 0) is 51.1 Å². The molecule has 2 rings (SSSR count). The summed E-state index contributed by atoms with van der Waals surface area (Å²) in [4.78, 5) is 0. The van der Waals surface area contributed by atoms with Crippen LogP contribution >= 0.6 is 0 Å². The van der Waals surface area contributed by atoms with Gasteiger partial charge in [0.05, 0.1) is 11.3 Å². The summed E-state index contributed by atoms with van der Waals surface area (Å²) < 4.78 is 8.17. The predicted molar refractivity (Wildman–Crippen MR) is 86.4 cm³/mol. The molecule has 1 N–H and O–H groups in total. The molecule has 0 aromatic carbocycles. The molecular weight excluding hydrogens is 262 g/mol. The summed E-state index contributed by atoms with van der Waals surface area (Å²) in [6.07, 6.45) is 7.66. The Labute approximate surface area is 129 Å². The van der Waals surface area contributed by atoms with Gasteiger partial charge in [-0.2, -0.15) is 5.10 Å². The number of hydrogen-bond acceptors (Lipinski definition) is 3. The van der Waals surface area contributed by atoms with Gasteiger partial charge >= 0.3 is 0 Å². The molecule has 1 aliphatic carbocycles. The number of nitrogens with one attached hydrogen (secondary N) is 1. The van der Waals surface area contributed by atoms with Gasteiger partial charge in [0.2, 0.25) is 0 Å². The first-order valence-electron chi connectivity index (χ1n) is 8.20. The summed E-state index contributed by atoms with van der Waals surface area (Å²) in [5.74, 6) is 0. The number of likely N-dealkylation sites (N-methyl/N-ethyl adjacent to an activating group) is 1. The molecule has 4 heteroatoms. The van der Waals surface area contributed by atoms with Gasteiger partial charge in [-0.15, -0.1) is 0 Å². The van der Waals surface area contributed by atoms with Crippen molar-refractivity contribution in [2.24, 2.45) is 12.5 Å². The van der Waals surface area contributed by atoms with Gasteiger partial charge in [0.25, 0.3) is 0 Å². The topological polar surface area (TPSA) is 39.1 Å². The first-order valence-corrected chi connectivity index (χ1v) is 8.20. The van der Waals surface area contributed by atoms with Gasteiger partial charge in [-0.1, -0.05) is 13.8 Å². The zero-order chi connectivity index (χ0) is 15.5. The van der Waals surface area contributed by atoms with Crippen LogP contribution in [0.2, 0.25) is 0 Å². The normalized spacial score (nSPS) is 22.1. The van der Waals surface area contributed by atoms with Crippen LogP contribution in [0, 0.1) is 5.41 Å². The largest absolute Gasteiger partial charge is 0.374 e. The quantitative estimate of drug-likeness (QED) is 0.876. The minimum atomic E-state index is -0.0451. The zero-order valence-electron chi connectivity index (χ0n) is 14.3. The summed E-state index contributed by atoms with van der Waals surface area (Å²) in [5, 5.41) is 8.04. The van der Waals surface area contributed by atoms with E-state index in [0.717, 1.165) is 31.6 Å². The van der Waals surface area contributed by atoms with Crippen LogP contribution in [0.5, 0.6) is 0 Å². The van der Waals surface area contributed by atoms with E-state index in [-0.39, 0.29) is 5.60 Å². The van der Waals surface area contributed by atoms with Crippen molar-refractivity contribution in [1.82, 2.24) is 15.1 Å². The fourth-order valence-electron chi connectivity index (χ4n) is 3.56. The third-order valence-corrected chi connectivity index (χ3v) is 5.05. The van der Waals surface area contributed by atoms with Crippen molar-refractivity contribution in [2.45, 2.75) is 64.5 Å². The van der Waals surface area contributed by atoms with Crippen LogP contribution in [0.25, 0.3) is 0 Å². The van der Waals surface area contributed by atoms with E-state index >= 15 is 0 Å². The van der Waals surface area contributed by atoms with Crippen molar-refractivity contribution in [3.8, 4) is 0 Å². The van der Waals surface area contributed by atoms with Crippen LogP contribution < -0.4 is 5.32 Å². The van der Waals surface area contributed by atoms with Gasteiger partial charge in [-0.25, -0.2) is 0 Å². The lowest BCUT2D eigenvalue weighted by atomic mass is 9.68. The lowest BCUT2D eigenvalue weighted by molar-refractivity contribution is -0.105. The highest BCUT2D eigenvalue weighted by Crippen LogP contribution is 2.44. The Bertz CT molecular complexity index is 443. The van der Waals surface area contributed by atoms with Crippen molar-refractivity contribution in [1.29, 1.82) is 0 Å². The molecule has 0 saturated heterocycles. The minimum Gasteiger partial charge on any atom is -0.374 e. The second kappa shape index (κ2) is 6.49. The average molecular weight is 293 g/mol. The fraction of sp³-hybridized carbons (Fsp3) is 0.824. The summed E-state index contributed by atoms with van der Waals surface area (Å²) >= 11 is 0. The van der Waals surface area contributed by atoms with Crippen molar-refractivity contribution in [2.75, 3.05) is 13.7 Å². The smallest absolute Gasteiger partial charge is 0.0838 e. The second-order valence-corrected chi connectivity index (χ2v) is 7.19. The van der Waals surface area contributed by atoms with Crippen molar-refractivity contribution in [3.05, 3.63) is 18.0 Å². The van der Waals surface area contributed by atoms with Crippen molar-refractivity contribution >= 4 is 0 Å². The SMILES string of the molecule is CCOC1(C(Cc2ccn(C)n2)NC)CCC(C)(C)CC1. The van der Waals surface area contributed by atoms with Gasteiger partial charge in [0, 0.05) is 32.3 Å². The monoisotopic (exact) mass is 293 g/mol. The highest BCUT2D eigenvalue weighted by atomic mass is 16.5. The Morgan fingerprint density at radius 1 is 1.33 bits per heavy atom. The van der Waals surface area contributed by atoms with Gasteiger partial charge in [-0.3, -0.25) is 4.68 Å². The third-order valence-electron chi connectivity index (χ3n) is 5.05. The van der Waals surface area contributed by atoms with Crippen molar-refractivity contribution in [3.63, 3.8) is 0 Å². The van der Waals surface area contributed by atoms with Crippen LogP contribution in [0.1, 0.15) is 52.1 Å². The van der Waals surface area contributed by atoms with Crippen LogP contribution in [-0.2, 0) is 18.2 Å². The minimum absolute atomic E-state index is 0.0451. The molecule has 1 unspecified atom stereocenters. The second-order valence-electron chi connectivity index (χ2n) is 7.19. The number of rotatable bonds is 6. The molecule has 4 nitrogen and oxygen atoms in total. The van der Waals surface area contributed by atoms with Crippen LogP contribution in [0.15, 0.2) is 12.3 Å². The van der Waals surface area contributed by atoms with Crippen molar-refractivity contribution < 1.29 is 4.74 Å². The number of hydrogen-bond donors (Lipinski definition) is 1. The van der Waals surface area contributed by atoms with E-state index in [4.69, 9.17) is 4.74 Å². The Morgan fingerprint density at radius 2 is 2.00 bits per heavy atom. The molecule has 0 amide bonds. The predicted octanol–water partition coefficient (Wildman–Crippen LogP) is 2.93. The highest BCUT2D eigenvalue weighted by Gasteiger charge is 2.44. The molecule has 1 atom stereocenters. The van der Waals surface area contributed by atoms with E-state index in [1.807, 2.05) is 25.0 Å². The van der Waals surface area contributed by atoms with E-state index in [9.17, 15) is 0 Å².